The van der Waals surface area contributed by atoms with E-state index in [0.717, 1.165) is 72.0 Å². The summed E-state index contributed by atoms with van der Waals surface area (Å²) in [5, 5.41) is 2.22. The lowest BCUT2D eigenvalue weighted by atomic mass is 9.99. The van der Waals surface area contributed by atoms with E-state index in [2.05, 4.69) is 95.6 Å². The van der Waals surface area contributed by atoms with Crippen LogP contribution in [0, 0.1) is 5.82 Å². The predicted octanol–water partition coefficient (Wildman–Crippen LogP) is 13.1. The zero-order valence-corrected chi connectivity index (χ0v) is 30.2. The van der Waals surface area contributed by atoms with Gasteiger partial charge < -0.3 is 4.57 Å². The van der Waals surface area contributed by atoms with E-state index in [1.165, 1.54) is 6.07 Å². The summed E-state index contributed by atoms with van der Waals surface area (Å²) in [5.74, 6) is 1.33. The Bertz CT molecular complexity index is 2860. The first-order valence-electron chi connectivity index (χ1n) is 18.6. The topological polar surface area (TPSA) is 43.6 Å². The van der Waals surface area contributed by atoms with Crippen molar-refractivity contribution >= 4 is 21.8 Å². The van der Waals surface area contributed by atoms with E-state index in [1.54, 1.807) is 6.07 Å². The predicted molar refractivity (Wildman–Crippen MR) is 227 cm³/mol. The minimum Gasteiger partial charge on any atom is -0.309 e. The molecule has 0 fully saturated rings. The van der Waals surface area contributed by atoms with Gasteiger partial charge in [0, 0.05) is 38.6 Å². The third kappa shape index (κ3) is 6.02. The van der Waals surface area contributed by atoms with Crippen LogP contribution in [0.15, 0.2) is 200 Å². The number of halogens is 1. The maximum atomic E-state index is 16.1. The molecule has 0 saturated carbocycles. The number of hydrogen-bond donors (Lipinski definition) is 0. The van der Waals surface area contributed by atoms with Crippen LogP contribution in [0.2, 0.25) is 0 Å². The molecule has 0 spiro atoms. The molecule has 0 atom stereocenters. The molecule has 0 saturated heterocycles. The van der Waals surface area contributed by atoms with Crippen molar-refractivity contribution in [1.82, 2.24) is 19.5 Å². The van der Waals surface area contributed by atoms with Gasteiger partial charge in [-0.05, 0) is 70.8 Å². The summed E-state index contributed by atoms with van der Waals surface area (Å²) in [4.78, 5) is 14.9. The Morgan fingerprint density at radius 2 is 0.732 bits per heavy atom. The second kappa shape index (κ2) is 14.0. The summed E-state index contributed by atoms with van der Waals surface area (Å²) >= 11 is 0. The molecule has 0 radical (unpaired) electrons. The molecule has 0 bridgehead atoms. The summed E-state index contributed by atoms with van der Waals surface area (Å²) in [5.41, 5.74) is 11.2. The van der Waals surface area contributed by atoms with E-state index < -0.39 is 0 Å². The largest absolute Gasteiger partial charge is 0.309 e. The Kier molecular flexibility index (Phi) is 8.30. The first-order valence-corrected chi connectivity index (χ1v) is 18.6. The minimum atomic E-state index is -0.310. The van der Waals surface area contributed by atoms with Crippen molar-refractivity contribution in [2.24, 2.45) is 0 Å². The van der Waals surface area contributed by atoms with Crippen molar-refractivity contribution in [3.05, 3.63) is 206 Å². The molecule has 2 heterocycles. The Morgan fingerprint density at radius 1 is 0.321 bits per heavy atom. The van der Waals surface area contributed by atoms with Crippen LogP contribution in [0.1, 0.15) is 0 Å². The molecule has 264 valence electrons. The van der Waals surface area contributed by atoms with Crippen LogP contribution >= 0.6 is 0 Å². The van der Waals surface area contributed by atoms with Gasteiger partial charge in [-0.2, -0.15) is 0 Å². The van der Waals surface area contributed by atoms with Crippen molar-refractivity contribution in [3.63, 3.8) is 0 Å². The molecule has 10 aromatic rings. The van der Waals surface area contributed by atoms with Gasteiger partial charge in [0.25, 0.3) is 0 Å². The van der Waals surface area contributed by atoms with Gasteiger partial charge in [-0.3, -0.25) is 0 Å². The molecular formula is C51H33FN4. The van der Waals surface area contributed by atoms with Crippen LogP contribution in [0.3, 0.4) is 0 Å². The Hall–Kier alpha value is -7.50. The maximum absolute atomic E-state index is 16.1. The normalized spacial score (nSPS) is 11.3. The van der Waals surface area contributed by atoms with Gasteiger partial charge in [0.1, 0.15) is 5.82 Å². The molecular weight excluding hydrogens is 688 g/mol. The van der Waals surface area contributed by atoms with Crippen LogP contribution in [-0.4, -0.2) is 19.5 Å². The molecule has 0 aliphatic carbocycles. The van der Waals surface area contributed by atoms with Gasteiger partial charge in [0.2, 0.25) is 0 Å². The fraction of sp³-hybridized carbons (Fsp3) is 0. The van der Waals surface area contributed by atoms with Gasteiger partial charge in [-0.15, -0.1) is 0 Å². The first kappa shape index (κ1) is 33.1. The molecule has 0 unspecified atom stereocenters. The fourth-order valence-electron chi connectivity index (χ4n) is 7.61. The number of hydrogen-bond acceptors (Lipinski definition) is 3. The summed E-state index contributed by atoms with van der Waals surface area (Å²) in [6.07, 6.45) is 0. The summed E-state index contributed by atoms with van der Waals surface area (Å²) in [6.45, 7) is 0. The average Bonchev–Trinajstić information content (AvgIpc) is 3.60. The number of fused-ring (bicyclic) bond motifs is 3. The Balaban J connectivity index is 1.23. The summed E-state index contributed by atoms with van der Waals surface area (Å²) < 4.78 is 18.3. The van der Waals surface area contributed by atoms with E-state index in [-0.39, 0.29) is 5.82 Å². The van der Waals surface area contributed by atoms with Crippen molar-refractivity contribution < 1.29 is 4.39 Å². The fourth-order valence-corrected chi connectivity index (χ4v) is 7.61. The molecule has 4 nitrogen and oxygen atoms in total. The third-order valence-electron chi connectivity index (χ3n) is 10.3. The highest BCUT2D eigenvalue weighted by Crippen LogP contribution is 2.41. The highest BCUT2D eigenvalue weighted by Gasteiger charge is 2.21. The molecule has 0 aliphatic heterocycles. The molecule has 0 amide bonds. The minimum absolute atomic E-state index is 0.310. The third-order valence-corrected chi connectivity index (χ3v) is 10.3. The molecule has 10 rings (SSSR count). The summed E-state index contributed by atoms with van der Waals surface area (Å²) in [7, 11) is 0. The Labute approximate surface area is 323 Å². The number of nitrogens with zero attached hydrogens (tertiary/aromatic N) is 4. The number of aromatic nitrogens is 4. The highest BCUT2D eigenvalue weighted by molar-refractivity contribution is 6.12. The lowest BCUT2D eigenvalue weighted by Crippen LogP contribution is -2.02. The highest BCUT2D eigenvalue weighted by atomic mass is 19.1. The second-order valence-electron chi connectivity index (χ2n) is 13.8. The van der Waals surface area contributed by atoms with Crippen molar-refractivity contribution in [1.29, 1.82) is 0 Å². The standard InChI is InChI=1S/C51H33FN4/c52-45-24-14-13-23-41(45)42-33-40(51-54-49(36-19-9-3-10-20-36)53-50(55-51)37-21-11-4-12-22-37)27-30-46(42)56-47-28-25-38(34-15-5-1-6-16-34)31-43(47)44-32-39(26-29-48(44)56)35-17-7-2-8-18-35/h1-33H. The van der Waals surface area contributed by atoms with Crippen molar-refractivity contribution in [2.45, 2.75) is 0 Å². The van der Waals surface area contributed by atoms with Crippen molar-refractivity contribution in [2.75, 3.05) is 0 Å². The summed E-state index contributed by atoms with van der Waals surface area (Å²) in [6, 6.07) is 67.1. The monoisotopic (exact) mass is 720 g/mol. The van der Waals surface area contributed by atoms with Crippen LogP contribution in [-0.2, 0) is 0 Å². The quantitative estimate of drug-likeness (QED) is 0.165. The van der Waals surface area contributed by atoms with E-state index >= 15 is 4.39 Å². The second-order valence-corrected chi connectivity index (χ2v) is 13.8. The van der Waals surface area contributed by atoms with Gasteiger partial charge in [0.15, 0.2) is 17.5 Å². The van der Waals surface area contributed by atoms with Gasteiger partial charge in [0.05, 0.1) is 16.7 Å². The maximum Gasteiger partial charge on any atom is 0.164 e. The number of rotatable bonds is 7. The van der Waals surface area contributed by atoms with Crippen LogP contribution < -0.4 is 0 Å². The average molecular weight is 721 g/mol. The Morgan fingerprint density at radius 3 is 1.21 bits per heavy atom. The lowest BCUT2D eigenvalue weighted by Gasteiger charge is -2.17. The van der Waals surface area contributed by atoms with E-state index in [9.17, 15) is 0 Å². The molecule has 56 heavy (non-hydrogen) atoms. The van der Waals surface area contributed by atoms with E-state index in [0.29, 0.717) is 23.0 Å². The van der Waals surface area contributed by atoms with Crippen LogP contribution in [0.25, 0.3) is 95.0 Å². The molecule has 0 aliphatic rings. The van der Waals surface area contributed by atoms with Crippen LogP contribution in [0.4, 0.5) is 4.39 Å². The first-order chi connectivity index (χ1) is 27.7. The van der Waals surface area contributed by atoms with Gasteiger partial charge in [-0.1, -0.05) is 152 Å². The SMILES string of the molecule is Fc1ccccc1-c1cc(-c2nc(-c3ccccc3)nc(-c3ccccc3)n2)ccc1-n1c2ccc(-c3ccccc3)cc2c2cc(-c3ccccc3)ccc21. The molecule has 2 aromatic heterocycles. The van der Waals surface area contributed by atoms with Crippen molar-refractivity contribution in [3.8, 4) is 73.2 Å². The van der Waals surface area contributed by atoms with E-state index in [1.807, 2.05) is 97.1 Å². The zero-order chi connectivity index (χ0) is 37.4. The van der Waals surface area contributed by atoms with Gasteiger partial charge in [-0.25, -0.2) is 19.3 Å². The lowest BCUT2D eigenvalue weighted by molar-refractivity contribution is 0.631. The van der Waals surface area contributed by atoms with Gasteiger partial charge >= 0.3 is 0 Å². The molecule has 0 N–H and O–H groups in total. The molecule has 8 aromatic carbocycles. The smallest absolute Gasteiger partial charge is 0.164 e. The zero-order valence-electron chi connectivity index (χ0n) is 30.2. The van der Waals surface area contributed by atoms with E-state index in [4.69, 9.17) is 15.0 Å². The van der Waals surface area contributed by atoms with Crippen LogP contribution in [0.5, 0.6) is 0 Å². The molecule has 5 heteroatoms. The number of benzene rings is 8.